The molecule has 0 bridgehead atoms. The van der Waals surface area contributed by atoms with Crippen LogP contribution in [0.3, 0.4) is 0 Å². The number of nitrogens with zero attached hydrogens (tertiary/aromatic N) is 4. The van der Waals surface area contributed by atoms with Gasteiger partial charge in [-0.15, -0.1) is 11.3 Å². The quantitative estimate of drug-likeness (QED) is 0.436. The fraction of sp³-hybridized carbons (Fsp3) is 0.261. The molecule has 0 fully saturated rings. The highest BCUT2D eigenvalue weighted by Gasteiger charge is 2.18. The van der Waals surface area contributed by atoms with Crippen molar-refractivity contribution in [2.45, 2.75) is 33.1 Å². The van der Waals surface area contributed by atoms with Crippen LogP contribution >= 0.6 is 11.3 Å². The molecule has 0 aliphatic rings. The molecule has 3 aromatic heterocycles. The van der Waals surface area contributed by atoms with Gasteiger partial charge in [0.2, 0.25) is 0 Å². The van der Waals surface area contributed by atoms with Gasteiger partial charge >= 0.3 is 0 Å². The molecule has 1 N–H and O–H groups in total. The highest BCUT2D eigenvalue weighted by molar-refractivity contribution is 7.15. The molecular weight excluding hydrogens is 396 g/mol. The molecule has 1 unspecified atom stereocenters. The Morgan fingerprint density at radius 1 is 1.30 bits per heavy atom. The lowest BCUT2D eigenvalue weighted by Crippen LogP contribution is -2.03. The standard InChI is InChI=1S/C23H22N4O2S/c1-3-10-29-23(28)21-15(2)26-22(30-21)16-7-8-20-19(11-16)17(12-24)13-27(20)14-18-6-4-5-9-25-18/h4-9,11,13,23,28H,3,10,14H2,1-2H3. The Morgan fingerprint density at radius 3 is 2.90 bits per heavy atom. The van der Waals surface area contributed by atoms with Crippen LogP contribution in [0.4, 0.5) is 0 Å². The van der Waals surface area contributed by atoms with E-state index in [1.54, 1.807) is 6.20 Å². The van der Waals surface area contributed by atoms with Crippen LogP contribution in [-0.2, 0) is 11.3 Å². The summed E-state index contributed by atoms with van der Waals surface area (Å²) in [5, 5.41) is 21.6. The Morgan fingerprint density at radius 2 is 2.17 bits per heavy atom. The number of ether oxygens (including phenoxy) is 1. The number of benzene rings is 1. The fourth-order valence-corrected chi connectivity index (χ4v) is 4.38. The summed E-state index contributed by atoms with van der Waals surface area (Å²) in [6, 6.07) is 14.1. The second-order valence-corrected chi connectivity index (χ2v) is 8.06. The molecule has 1 aromatic carbocycles. The zero-order valence-corrected chi connectivity index (χ0v) is 17.7. The molecule has 0 aliphatic heterocycles. The van der Waals surface area contributed by atoms with Gasteiger partial charge < -0.3 is 14.4 Å². The number of fused-ring (bicyclic) bond motifs is 1. The SMILES string of the molecule is CCCOC(O)c1sc(-c2ccc3c(c2)c(C#N)cn3Cc2ccccn2)nc1C. The molecule has 1 atom stereocenters. The van der Waals surface area contributed by atoms with E-state index in [9.17, 15) is 10.4 Å². The predicted octanol–water partition coefficient (Wildman–Crippen LogP) is 4.81. The molecule has 0 radical (unpaired) electrons. The second-order valence-electron chi connectivity index (χ2n) is 7.03. The van der Waals surface area contributed by atoms with Crippen molar-refractivity contribution in [2.24, 2.45) is 0 Å². The lowest BCUT2D eigenvalue weighted by molar-refractivity contribution is -0.100. The smallest absolute Gasteiger partial charge is 0.192 e. The van der Waals surface area contributed by atoms with Crippen LogP contribution in [0.2, 0.25) is 0 Å². The molecule has 6 nitrogen and oxygen atoms in total. The van der Waals surface area contributed by atoms with Gasteiger partial charge in [-0.25, -0.2) is 4.98 Å². The minimum atomic E-state index is -0.964. The first-order valence-electron chi connectivity index (χ1n) is 9.81. The van der Waals surface area contributed by atoms with Crippen molar-refractivity contribution < 1.29 is 9.84 Å². The van der Waals surface area contributed by atoms with Crippen molar-refractivity contribution in [3.8, 4) is 16.6 Å². The number of hydrogen-bond donors (Lipinski definition) is 1. The number of aliphatic hydroxyl groups is 1. The number of aromatic nitrogens is 3. The highest BCUT2D eigenvalue weighted by Crippen LogP contribution is 2.34. The van der Waals surface area contributed by atoms with Gasteiger partial charge in [-0.2, -0.15) is 5.26 Å². The van der Waals surface area contributed by atoms with Crippen molar-refractivity contribution in [3.05, 3.63) is 70.6 Å². The van der Waals surface area contributed by atoms with Crippen LogP contribution in [0.5, 0.6) is 0 Å². The summed E-state index contributed by atoms with van der Waals surface area (Å²) in [6.07, 6.45) is 3.51. The summed E-state index contributed by atoms with van der Waals surface area (Å²) in [7, 11) is 0. The van der Waals surface area contributed by atoms with Gasteiger partial charge in [-0.05, 0) is 43.7 Å². The lowest BCUT2D eigenvalue weighted by atomic mass is 10.1. The molecule has 0 saturated carbocycles. The maximum atomic E-state index is 10.3. The maximum absolute atomic E-state index is 10.3. The Kier molecular flexibility index (Phi) is 5.91. The molecule has 7 heteroatoms. The van der Waals surface area contributed by atoms with E-state index in [0.29, 0.717) is 23.6 Å². The number of thiazole rings is 1. The van der Waals surface area contributed by atoms with Crippen LogP contribution in [0, 0.1) is 18.3 Å². The Bertz CT molecular complexity index is 1210. The lowest BCUT2D eigenvalue weighted by Gasteiger charge is -2.09. The minimum absolute atomic E-state index is 0.495. The Balaban J connectivity index is 1.70. The van der Waals surface area contributed by atoms with Crippen molar-refractivity contribution in [3.63, 3.8) is 0 Å². The van der Waals surface area contributed by atoms with E-state index in [2.05, 4.69) is 16.0 Å². The normalized spacial score (nSPS) is 12.2. The average molecular weight is 419 g/mol. The summed E-state index contributed by atoms with van der Waals surface area (Å²) >= 11 is 1.42. The van der Waals surface area contributed by atoms with E-state index in [0.717, 1.165) is 39.3 Å². The van der Waals surface area contributed by atoms with E-state index in [4.69, 9.17) is 4.74 Å². The summed E-state index contributed by atoms with van der Waals surface area (Å²) in [4.78, 5) is 9.72. The van der Waals surface area contributed by atoms with E-state index in [1.807, 2.05) is 61.0 Å². The first-order chi connectivity index (χ1) is 14.6. The van der Waals surface area contributed by atoms with Crippen LogP contribution in [0.15, 0.2) is 48.8 Å². The summed E-state index contributed by atoms with van der Waals surface area (Å²) in [5.41, 5.74) is 4.19. The number of rotatable bonds is 7. The van der Waals surface area contributed by atoms with Gasteiger partial charge in [-0.3, -0.25) is 4.98 Å². The number of hydrogen-bond acceptors (Lipinski definition) is 6. The zero-order valence-electron chi connectivity index (χ0n) is 16.9. The Labute approximate surface area is 179 Å². The second kappa shape index (κ2) is 8.76. The molecule has 30 heavy (non-hydrogen) atoms. The van der Waals surface area contributed by atoms with Crippen LogP contribution < -0.4 is 0 Å². The number of nitriles is 1. The topological polar surface area (TPSA) is 84.0 Å². The maximum Gasteiger partial charge on any atom is 0.192 e. The molecule has 0 saturated heterocycles. The first-order valence-corrected chi connectivity index (χ1v) is 10.6. The molecule has 4 rings (SSSR count). The monoisotopic (exact) mass is 418 g/mol. The molecule has 0 spiro atoms. The van der Waals surface area contributed by atoms with E-state index in [-0.39, 0.29) is 0 Å². The third kappa shape index (κ3) is 3.98. The van der Waals surface area contributed by atoms with Crippen molar-refractivity contribution >= 4 is 22.2 Å². The summed E-state index contributed by atoms with van der Waals surface area (Å²) in [6.45, 7) is 4.96. The fourth-order valence-electron chi connectivity index (χ4n) is 3.38. The highest BCUT2D eigenvalue weighted by atomic mass is 32.1. The Hall–Kier alpha value is -3.05. The van der Waals surface area contributed by atoms with Crippen molar-refractivity contribution in [2.75, 3.05) is 6.61 Å². The van der Waals surface area contributed by atoms with E-state index in [1.165, 1.54) is 11.3 Å². The largest absolute Gasteiger partial charge is 0.364 e. The molecule has 152 valence electrons. The minimum Gasteiger partial charge on any atom is -0.364 e. The van der Waals surface area contributed by atoms with Gasteiger partial charge in [0.25, 0.3) is 0 Å². The summed E-state index contributed by atoms with van der Waals surface area (Å²) in [5.74, 6) is 0. The molecule has 3 heterocycles. The van der Waals surface area contributed by atoms with E-state index < -0.39 is 6.29 Å². The van der Waals surface area contributed by atoms with Crippen LogP contribution in [0.1, 0.15) is 41.5 Å². The summed E-state index contributed by atoms with van der Waals surface area (Å²) < 4.78 is 7.49. The zero-order chi connectivity index (χ0) is 21.1. The predicted molar refractivity (Wildman–Crippen MR) is 117 cm³/mol. The van der Waals surface area contributed by atoms with Gasteiger partial charge in [-0.1, -0.05) is 13.0 Å². The molecule has 0 amide bonds. The number of aryl methyl sites for hydroxylation is 1. The van der Waals surface area contributed by atoms with Crippen LogP contribution in [0.25, 0.3) is 21.5 Å². The third-order valence-corrected chi connectivity index (χ3v) is 6.08. The third-order valence-electron chi connectivity index (χ3n) is 4.84. The van der Waals surface area contributed by atoms with Gasteiger partial charge in [0, 0.05) is 35.5 Å². The molecule has 0 aliphatic carbocycles. The van der Waals surface area contributed by atoms with Crippen LogP contribution in [-0.4, -0.2) is 26.2 Å². The number of pyridine rings is 1. The van der Waals surface area contributed by atoms with Gasteiger partial charge in [0.1, 0.15) is 11.1 Å². The van der Waals surface area contributed by atoms with Crippen molar-refractivity contribution in [1.82, 2.24) is 14.5 Å². The number of aliphatic hydroxyl groups excluding tert-OH is 1. The van der Waals surface area contributed by atoms with Gasteiger partial charge in [0.05, 0.1) is 28.4 Å². The molecular formula is C23H22N4O2S. The van der Waals surface area contributed by atoms with Crippen molar-refractivity contribution in [1.29, 1.82) is 5.26 Å². The molecule has 4 aromatic rings. The average Bonchev–Trinajstić information content (AvgIpc) is 3.33. The van der Waals surface area contributed by atoms with E-state index >= 15 is 0 Å². The van der Waals surface area contributed by atoms with Gasteiger partial charge in [0.15, 0.2) is 6.29 Å². The first kappa shape index (κ1) is 20.2.